The molecule has 1 aliphatic carbocycles. The second-order valence-electron chi connectivity index (χ2n) is 10.8. The minimum Gasteiger partial charge on any atom is -0.362 e. The van der Waals surface area contributed by atoms with Crippen LogP contribution < -0.4 is 15.5 Å². The summed E-state index contributed by atoms with van der Waals surface area (Å²) < 4.78 is 0. The first-order chi connectivity index (χ1) is 19.1. The number of nitrogens with zero attached hydrogens (tertiary/aromatic N) is 4. The molecule has 0 saturated heterocycles. The van der Waals surface area contributed by atoms with Crippen LogP contribution >= 0.6 is 0 Å². The highest BCUT2D eigenvalue weighted by Crippen LogP contribution is 2.29. The Hall–Kier alpha value is -4.03. The molecule has 5 aromatic rings. The lowest BCUT2D eigenvalue weighted by Crippen LogP contribution is -2.31. The fraction of sp³-hybridized carbons (Fsp3) is 0.303. The number of rotatable bonds is 8. The Bertz CT molecular complexity index is 1560. The van der Waals surface area contributed by atoms with Gasteiger partial charge in [-0.15, -0.1) is 0 Å². The first kappa shape index (κ1) is 25.3. The Balaban J connectivity index is 1.07. The average molecular weight is 517 g/mol. The molecule has 0 unspecified atom stereocenters. The lowest BCUT2D eigenvalue weighted by atomic mass is 9.86. The molecule has 1 aliphatic rings. The summed E-state index contributed by atoms with van der Waals surface area (Å²) in [5.41, 5.74) is 5.53. The van der Waals surface area contributed by atoms with Gasteiger partial charge in [0.25, 0.3) is 0 Å². The van der Waals surface area contributed by atoms with Crippen molar-refractivity contribution in [3.63, 3.8) is 0 Å². The number of benzene rings is 3. The predicted molar refractivity (Wildman–Crippen MR) is 162 cm³/mol. The summed E-state index contributed by atoms with van der Waals surface area (Å²) in [4.78, 5) is 16.6. The van der Waals surface area contributed by atoms with Gasteiger partial charge in [-0.2, -0.15) is 4.98 Å². The van der Waals surface area contributed by atoms with Gasteiger partial charge >= 0.3 is 0 Å². The number of hydrogen-bond acceptors (Lipinski definition) is 6. The van der Waals surface area contributed by atoms with E-state index in [1.165, 1.54) is 23.8 Å². The summed E-state index contributed by atoms with van der Waals surface area (Å²) in [6.45, 7) is 1.88. The molecule has 6 rings (SSSR count). The molecular formula is C33H36N6. The Labute approximate surface area is 230 Å². The van der Waals surface area contributed by atoms with E-state index in [0.717, 1.165) is 65.4 Å². The van der Waals surface area contributed by atoms with Crippen LogP contribution in [0.25, 0.3) is 33.1 Å². The SMILES string of the molecule is CN(C)c1nc(N[C@H]2CC[C@@H](CNCc3cc(-c4ccccc4)nc4ccccc34)CC2)nc2ccccc12. The lowest BCUT2D eigenvalue weighted by Gasteiger charge is -2.29. The van der Waals surface area contributed by atoms with Gasteiger partial charge in [0, 0.05) is 43.0 Å². The van der Waals surface area contributed by atoms with Crippen LogP contribution in [0.2, 0.25) is 0 Å². The van der Waals surface area contributed by atoms with Crippen molar-refractivity contribution in [3.05, 3.63) is 90.5 Å². The van der Waals surface area contributed by atoms with Crippen LogP contribution in [0.5, 0.6) is 0 Å². The molecular weight excluding hydrogens is 480 g/mol. The molecule has 0 radical (unpaired) electrons. The third-order valence-electron chi connectivity index (χ3n) is 7.81. The minimum atomic E-state index is 0.412. The highest BCUT2D eigenvalue weighted by molar-refractivity contribution is 5.90. The number of fused-ring (bicyclic) bond motifs is 2. The van der Waals surface area contributed by atoms with E-state index >= 15 is 0 Å². The summed E-state index contributed by atoms with van der Waals surface area (Å²) in [5.74, 6) is 2.37. The van der Waals surface area contributed by atoms with E-state index < -0.39 is 0 Å². The van der Waals surface area contributed by atoms with E-state index in [9.17, 15) is 0 Å². The monoisotopic (exact) mass is 516 g/mol. The summed E-state index contributed by atoms with van der Waals surface area (Å²) >= 11 is 0. The molecule has 1 fully saturated rings. The van der Waals surface area contributed by atoms with Gasteiger partial charge in [-0.1, -0.05) is 60.7 Å². The zero-order valence-electron chi connectivity index (χ0n) is 22.8. The number of pyridine rings is 1. The Morgan fingerprint density at radius 1 is 0.744 bits per heavy atom. The largest absolute Gasteiger partial charge is 0.362 e. The molecule has 0 aliphatic heterocycles. The molecule has 6 heteroatoms. The molecule has 0 bridgehead atoms. The van der Waals surface area contributed by atoms with Crippen LogP contribution in [0.15, 0.2) is 84.9 Å². The molecule has 3 aromatic carbocycles. The van der Waals surface area contributed by atoms with Crippen LogP contribution in [0, 0.1) is 5.92 Å². The van der Waals surface area contributed by atoms with Crippen molar-refractivity contribution in [1.82, 2.24) is 20.3 Å². The summed E-state index contributed by atoms with van der Waals surface area (Å²) in [5, 5.41) is 9.72. The molecule has 1 saturated carbocycles. The van der Waals surface area contributed by atoms with Gasteiger partial charge in [-0.05, 0) is 68.0 Å². The summed E-state index contributed by atoms with van der Waals surface area (Å²) in [6, 6.07) is 29.8. The maximum Gasteiger partial charge on any atom is 0.225 e. The molecule has 2 heterocycles. The summed E-state index contributed by atoms with van der Waals surface area (Å²) in [7, 11) is 4.07. The molecule has 2 aromatic heterocycles. The summed E-state index contributed by atoms with van der Waals surface area (Å²) in [6.07, 6.45) is 4.67. The number of para-hydroxylation sites is 2. The highest BCUT2D eigenvalue weighted by atomic mass is 15.2. The number of anilines is 2. The molecule has 0 amide bonds. The Morgan fingerprint density at radius 3 is 2.15 bits per heavy atom. The fourth-order valence-electron chi connectivity index (χ4n) is 5.72. The minimum absolute atomic E-state index is 0.412. The van der Waals surface area contributed by atoms with Gasteiger partial charge < -0.3 is 15.5 Å². The van der Waals surface area contributed by atoms with Gasteiger partial charge in [0.2, 0.25) is 5.95 Å². The van der Waals surface area contributed by atoms with Crippen molar-refractivity contribution in [2.45, 2.75) is 38.3 Å². The van der Waals surface area contributed by atoms with Crippen LogP contribution in [0.4, 0.5) is 11.8 Å². The van der Waals surface area contributed by atoms with E-state index in [-0.39, 0.29) is 0 Å². The number of aromatic nitrogens is 3. The van der Waals surface area contributed by atoms with E-state index in [1.807, 2.05) is 32.3 Å². The second-order valence-corrected chi connectivity index (χ2v) is 10.8. The molecule has 2 N–H and O–H groups in total. The maximum absolute atomic E-state index is 4.93. The zero-order valence-corrected chi connectivity index (χ0v) is 22.8. The highest BCUT2D eigenvalue weighted by Gasteiger charge is 2.22. The first-order valence-electron chi connectivity index (χ1n) is 14.0. The van der Waals surface area contributed by atoms with E-state index in [0.29, 0.717) is 12.0 Å². The third-order valence-corrected chi connectivity index (χ3v) is 7.81. The molecule has 0 atom stereocenters. The van der Waals surface area contributed by atoms with Crippen molar-refractivity contribution in [2.75, 3.05) is 30.9 Å². The smallest absolute Gasteiger partial charge is 0.225 e. The van der Waals surface area contributed by atoms with Gasteiger partial charge in [-0.3, -0.25) is 0 Å². The van der Waals surface area contributed by atoms with Gasteiger partial charge in [0.15, 0.2) is 0 Å². The van der Waals surface area contributed by atoms with Crippen molar-refractivity contribution in [2.24, 2.45) is 5.92 Å². The molecule has 198 valence electrons. The zero-order chi connectivity index (χ0) is 26.6. The van der Waals surface area contributed by atoms with Gasteiger partial charge in [0.1, 0.15) is 5.82 Å². The van der Waals surface area contributed by atoms with Crippen LogP contribution in [-0.2, 0) is 6.54 Å². The van der Waals surface area contributed by atoms with Crippen LogP contribution in [0.1, 0.15) is 31.2 Å². The van der Waals surface area contributed by atoms with E-state index in [4.69, 9.17) is 15.0 Å². The second kappa shape index (κ2) is 11.4. The lowest BCUT2D eigenvalue weighted by molar-refractivity contribution is 0.324. The average Bonchev–Trinajstić information content (AvgIpc) is 2.98. The normalized spacial score (nSPS) is 17.4. The van der Waals surface area contributed by atoms with Crippen molar-refractivity contribution in [3.8, 4) is 11.3 Å². The van der Waals surface area contributed by atoms with Crippen LogP contribution in [0.3, 0.4) is 0 Å². The first-order valence-corrected chi connectivity index (χ1v) is 14.0. The number of nitrogens with one attached hydrogen (secondary N) is 2. The topological polar surface area (TPSA) is 66.0 Å². The molecule has 6 nitrogen and oxygen atoms in total. The van der Waals surface area contributed by atoms with Gasteiger partial charge in [0.05, 0.1) is 16.7 Å². The predicted octanol–water partition coefficient (Wildman–Crippen LogP) is 6.67. The third kappa shape index (κ3) is 5.71. The molecule has 0 spiro atoms. The van der Waals surface area contributed by atoms with Crippen LogP contribution in [-0.4, -0.2) is 41.6 Å². The Morgan fingerprint density at radius 2 is 1.41 bits per heavy atom. The van der Waals surface area contributed by atoms with E-state index in [2.05, 4.69) is 82.3 Å². The fourth-order valence-corrected chi connectivity index (χ4v) is 5.72. The quantitative estimate of drug-likeness (QED) is 0.240. The van der Waals surface area contributed by atoms with Crippen molar-refractivity contribution < 1.29 is 0 Å². The van der Waals surface area contributed by atoms with E-state index in [1.54, 1.807) is 0 Å². The Kier molecular flexibility index (Phi) is 7.37. The van der Waals surface area contributed by atoms with Crippen molar-refractivity contribution >= 4 is 33.6 Å². The maximum atomic E-state index is 4.93. The number of hydrogen-bond donors (Lipinski definition) is 2. The van der Waals surface area contributed by atoms with Gasteiger partial charge in [-0.25, -0.2) is 9.97 Å². The van der Waals surface area contributed by atoms with Crippen molar-refractivity contribution in [1.29, 1.82) is 0 Å². The standard InChI is InChI=1S/C33H36N6/c1-39(2)32-28-13-7-9-15-30(28)37-33(38-32)35-26-18-16-23(17-19-26)21-34-22-25-20-31(24-10-4-3-5-11-24)36-29-14-8-6-12-27(25)29/h3-15,20,23,26,34H,16-19,21-22H2,1-2H3,(H,35,37,38)/t23-,26+. The molecule has 39 heavy (non-hydrogen) atoms.